The van der Waals surface area contributed by atoms with Gasteiger partial charge in [-0.15, -0.1) is 0 Å². The van der Waals surface area contributed by atoms with E-state index < -0.39 is 0 Å². The molecule has 1 aliphatic carbocycles. The van der Waals surface area contributed by atoms with E-state index in [2.05, 4.69) is 0 Å². The van der Waals surface area contributed by atoms with Crippen molar-refractivity contribution in [3.63, 3.8) is 0 Å². The Bertz CT molecular complexity index is 399. The molecule has 1 saturated carbocycles. The molecule has 0 atom stereocenters. The number of carbonyl (C=O) groups is 1. The SMILES string of the molecule is CCN(CC1CC1)C(=O)c1cccc(CN)c1. The first kappa shape index (κ1) is 12.1. The molecule has 1 aromatic carbocycles. The second-order valence-electron chi connectivity index (χ2n) is 4.69. The quantitative estimate of drug-likeness (QED) is 0.844. The van der Waals surface area contributed by atoms with Gasteiger partial charge in [-0.3, -0.25) is 4.79 Å². The lowest BCUT2D eigenvalue weighted by molar-refractivity contribution is 0.0757. The first-order valence-corrected chi connectivity index (χ1v) is 6.33. The van der Waals surface area contributed by atoms with Crippen LogP contribution in [0.15, 0.2) is 24.3 Å². The van der Waals surface area contributed by atoms with Crippen molar-refractivity contribution in [2.45, 2.75) is 26.3 Å². The summed E-state index contributed by atoms with van der Waals surface area (Å²) in [5, 5.41) is 0. The average Bonchev–Trinajstić information content (AvgIpc) is 3.19. The number of carbonyl (C=O) groups excluding carboxylic acids is 1. The lowest BCUT2D eigenvalue weighted by atomic mass is 10.1. The Kier molecular flexibility index (Phi) is 3.79. The maximum absolute atomic E-state index is 12.3. The van der Waals surface area contributed by atoms with E-state index in [9.17, 15) is 4.79 Å². The number of hydrogen-bond donors (Lipinski definition) is 1. The number of nitrogens with two attached hydrogens (primary N) is 1. The van der Waals surface area contributed by atoms with E-state index in [1.165, 1.54) is 12.8 Å². The summed E-state index contributed by atoms with van der Waals surface area (Å²) in [6.07, 6.45) is 2.54. The summed E-state index contributed by atoms with van der Waals surface area (Å²) in [5.74, 6) is 0.867. The molecule has 1 fully saturated rings. The molecule has 0 spiro atoms. The molecule has 0 unspecified atom stereocenters. The Morgan fingerprint density at radius 3 is 2.82 bits per heavy atom. The van der Waals surface area contributed by atoms with Crippen LogP contribution in [0, 0.1) is 5.92 Å². The van der Waals surface area contributed by atoms with E-state index in [-0.39, 0.29) is 5.91 Å². The van der Waals surface area contributed by atoms with Crippen LogP contribution in [0.2, 0.25) is 0 Å². The van der Waals surface area contributed by atoms with E-state index in [1.807, 2.05) is 36.1 Å². The summed E-state index contributed by atoms with van der Waals surface area (Å²) in [4.78, 5) is 14.2. The Morgan fingerprint density at radius 2 is 2.24 bits per heavy atom. The lowest BCUT2D eigenvalue weighted by Gasteiger charge is -2.21. The third-order valence-corrected chi connectivity index (χ3v) is 3.25. The summed E-state index contributed by atoms with van der Waals surface area (Å²) in [5.41, 5.74) is 7.37. The lowest BCUT2D eigenvalue weighted by Crippen LogP contribution is -2.32. The van der Waals surface area contributed by atoms with Crippen molar-refractivity contribution >= 4 is 5.91 Å². The first-order chi connectivity index (χ1) is 8.24. The van der Waals surface area contributed by atoms with E-state index in [4.69, 9.17) is 5.73 Å². The highest BCUT2D eigenvalue weighted by Gasteiger charge is 2.26. The van der Waals surface area contributed by atoms with Crippen molar-refractivity contribution in [3.05, 3.63) is 35.4 Å². The maximum Gasteiger partial charge on any atom is 0.253 e. The minimum absolute atomic E-state index is 0.134. The molecule has 3 nitrogen and oxygen atoms in total. The van der Waals surface area contributed by atoms with Crippen molar-refractivity contribution in [1.29, 1.82) is 0 Å². The fourth-order valence-electron chi connectivity index (χ4n) is 1.98. The smallest absolute Gasteiger partial charge is 0.253 e. The summed E-state index contributed by atoms with van der Waals surface area (Å²) < 4.78 is 0. The van der Waals surface area contributed by atoms with Gasteiger partial charge in [-0.2, -0.15) is 0 Å². The molecule has 0 bridgehead atoms. The van der Waals surface area contributed by atoms with Gasteiger partial charge in [0.1, 0.15) is 0 Å². The molecule has 0 saturated heterocycles. The van der Waals surface area contributed by atoms with E-state index in [0.29, 0.717) is 6.54 Å². The molecule has 1 aromatic rings. The first-order valence-electron chi connectivity index (χ1n) is 6.33. The van der Waals surface area contributed by atoms with Crippen molar-refractivity contribution in [3.8, 4) is 0 Å². The number of amides is 1. The van der Waals surface area contributed by atoms with Gasteiger partial charge in [-0.1, -0.05) is 12.1 Å². The van der Waals surface area contributed by atoms with Crippen molar-refractivity contribution in [2.75, 3.05) is 13.1 Å². The molecule has 1 amide bonds. The molecule has 1 aliphatic rings. The Hall–Kier alpha value is -1.35. The Labute approximate surface area is 103 Å². The van der Waals surface area contributed by atoms with Crippen molar-refractivity contribution in [2.24, 2.45) is 11.7 Å². The monoisotopic (exact) mass is 232 g/mol. The molecule has 92 valence electrons. The van der Waals surface area contributed by atoms with Crippen LogP contribution in [0.3, 0.4) is 0 Å². The number of benzene rings is 1. The molecular formula is C14H20N2O. The van der Waals surface area contributed by atoms with Crippen LogP contribution in [-0.4, -0.2) is 23.9 Å². The largest absolute Gasteiger partial charge is 0.339 e. The fraction of sp³-hybridized carbons (Fsp3) is 0.500. The van der Waals surface area contributed by atoms with Gasteiger partial charge >= 0.3 is 0 Å². The normalized spacial score (nSPS) is 14.7. The third kappa shape index (κ3) is 3.07. The topological polar surface area (TPSA) is 46.3 Å². The summed E-state index contributed by atoms with van der Waals surface area (Å²) in [6, 6.07) is 7.63. The van der Waals surface area contributed by atoms with Gasteiger partial charge in [0.2, 0.25) is 0 Å². The van der Waals surface area contributed by atoms with Gasteiger partial charge in [0.25, 0.3) is 5.91 Å². The third-order valence-electron chi connectivity index (χ3n) is 3.25. The molecule has 3 heteroatoms. The van der Waals surface area contributed by atoms with E-state index in [1.54, 1.807) is 0 Å². The number of hydrogen-bond acceptors (Lipinski definition) is 2. The zero-order valence-corrected chi connectivity index (χ0v) is 10.4. The van der Waals surface area contributed by atoms with Crippen LogP contribution in [0.5, 0.6) is 0 Å². The molecule has 0 heterocycles. The van der Waals surface area contributed by atoms with Crippen molar-refractivity contribution in [1.82, 2.24) is 4.90 Å². The number of nitrogens with zero attached hydrogens (tertiary/aromatic N) is 1. The van der Waals surface area contributed by atoms with Crippen LogP contribution in [0.1, 0.15) is 35.7 Å². The highest BCUT2D eigenvalue weighted by molar-refractivity contribution is 5.94. The Balaban J connectivity index is 2.09. The summed E-state index contributed by atoms with van der Waals surface area (Å²) >= 11 is 0. The molecular weight excluding hydrogens is 212 g/mol. The molecule has 0 radical (unpaired) electrons. The molecule has 2 rings (SSSR count). The standard InChI is InChI=1S/C14H20N2O/c1-2-16(10-11-6-7-11)14(17)13-5-3-4-12(8-13)9-15/h3-5,8,11H,2,6-7,9-10,15H2,1H3. The van der Waals surface area contributed by atoms with Crippen molar-refractivity contribution < 1.29 is 4.79 Å². The molecule has 0 aromatic heterocycles. The summed E-state index contributed by atoms with van der Waals surface area (Å²) in [7, 11) is 0. The van der Waals surface area contributed by atoms with Gasteiger partial charge in [0.05, 0.1) is 0 Å². The van der Waals surface area contributed by atoms with Gasteiger partial charge in [-0.25, -0.2) is 0 Å². The minimum Gasteiger partial charge on any atom is -0.339 e. The molecule has 17 heavy (non-hydrogen) atoms. The minimum atomic E-state index is 0.134. The highest BCUT2D eigenvalue weighted by atomic mass is 16.2. The van der Waals surface area contributed by atoms with Crippen LogP contribution in [0.25, 0.3) is 0 Å². The average molecular weight is 232 g/mol. The predicted octanol–water partition coefficient (Wildman–Crippen LogP) is 2.02. The van der Waals surface area contributed by atoms with Crippen LogP contribution < -0.4 is 5.73 Å². The second kappa shape index (κ2) is 5.32. The van der Waals surface area contributed by atoms with Crippen LogP contribution in [-0.2, 0) is 6.54 Å². The highest BCUT2D eigenvalue weighted by Crippen LogP contribution is 2.30. The fourth-order valence-corrected chi connectivity index (χ4v) is 1.98. The van der Waals surface area contributed by atoms with Crippen LogP contribution >= 0.6 is 0 Å². The van der Waals surface area contributed by atoms with E-state index >= 15 is 0 Å². The molecule has 2 N–H and O–H groups in total. The maximum atomic E-state index is 12.3. The van der Waals surface area contributed by atoms with Gasteiger partial charge in [0, 0.05) is 25.2 Å². The Morgan fingerprint density at radius 1 is 1.47 bits per heavy atom. The predicted molar refractivity (Wildman–Crippen MR) is 68.6 cm³/mol. The van der Waals surface area contributed by atoms with Gasteiger partial charge in [0.15, 0.2) is 0 Å². The van der Waals surface area contributed by atoms with Crippen LogP contribution in [0.4, 0.5) is 0 Å². The second-order valence-corrected chi connectivity index (χ2v) is 4.69. The van der Waals surface area contributed by atoms with Gasteiger partial charge in [-0.05, 0) is 43.4 Å². The van der Waals surface area contributed by atoms with E-state index in [0.717, 1.165) is 30.1 Å². The summed E-state index contributed by atoms with van der Waals surface area (Å²) in [6.45, 7) is 4.20. The number of rotatable bonds is 5. The van der Waals surface area contributed by atoms with Gasteiger partial charge < -0.3 is 10.6 Å². The zero-order valence-electron chi connectivity index (χ0n) is 10.4. The zero-order chi connectivity index (χ0) is 12.3. The molecule has 0 aliphatic heterocycles.